The fourth-order valence-electron chi connectivity index (χ4n) is 4.24. The minimum atomic E-state index is 0. The molecule has 0 radical (unpaired) electrons. The standard InChI is InChI=1S/C21H33N3O2.2ClH/c1-16(18-6-9-22-10-7-18)12-21(25)23-14-17-8-11-24(15-17)19-4-3-5-20(13-19)26-2;;/h3-5,13,16-18,22H,6-12,14-15H2,1-2H3,(H,23,25);2*1H. The average Bonchev–Trinajstić information content (AvgIpc) is 3.16. The first kappa shape index (κ1) is 24.9. The molecule has 2 fully saturated rings. The Balaban J connectivity index is 0.00000196. The SMILES string of the molecule is COc1cccc(N2CCC(CNC(=O)CC(C)C3CCNCC3)C2)c1.Cl.Cl. The fraction of sp³-hybridized carbons (Fsp3) is 0.667. The van der Waals surface area contributed by atoms with E-state index < -0.39 is 0 Å². The fourth-order valence-corrected chi connectivity index (χ4v) is 4.24. The van der Waals surface area contributed by atoms with E-state index >= 15 is 0 Å². The molecule has 2 aliphatic heterocycles. The van der Waals surface area contributed by atoms with Crippen LogP contribution in [0.1, 0.15) is 32.6 Å². The molecule has 2 unspecified atom stereocenters. The van der Waals surface area contributed by atoms with Crippen LogP contribution in [0.15, 0.2) is 24.3 Å². The molecule has 2 aliphatic rings. The van der Waals surface area contributed by atoms with Gasteiger partial charge in [0.15, 0.2) is 0 Å². The van der Waals surface area contributed by atoms with Gasteiger partial charge in [-0.2, -0.15) is 0 Å². The number of rotatable bonds is 7. The van der Waals surface area contributed by atoms with Crippen LogP contribution in [0.5, 0.6) is 5.75 Å². The topological polar surface area (TPSA) is 53.6 Å². The van der Waals surface area contributed by atoms with Crippen LogP contribution < -0.4 is 20.3 Å². The highest BCUT2D eigenvalue weighted by atomic mass is 35.5. The summed E-state index contributed by atoms with van der Waals surface area (Å²) < 4.78 is 5.32. The summed E-state index contributed by atoms with van der Waals surface area (Å²) in [5.74, 6) is 2.81. The maximum Gasteiger partial charge on any atom is 0.220 e. The number of piperidine rings is 1. The summed E-state index contributed by atoms with van der Waals surface area (Å²) in [4.78, 5) is 14.7. The molecule has 0 aromatic heterocycles. The number of hydrogen-bond acceptors (Lipinski definition) is 4. The van der Waals surface area contributed by atoms with Crippen molar-refractivity contribution in [1.29, 1.82) is 0 Å². The Morgan fingerprint density at radius 3 is 2.75 bits per heavy atom. The van der Waals surface area contributed by atoms with Gasteiger partial charge in [0.1, 0.15) is 5.75 Å². The van der Waals surface area contributed by atoms with Crippen molar-refractivity contribution >= 4 is 36.4 Å². The van der Waals surface area contributed by atoms with Gasteiger partial charge < -0.3 is 20.3 Å². The molecule has 160 valence electrons. The summed E-state index contributed by atoms with van der Waals surface area (Å²) in [5.41, 5.74) is 1.21. The van der Waals surface area contributed by atoms with Crippen LogP contribution in [0.4, 0.5) is 5.69 Å². The zero-order chi connectivity index (χ0) is 18.4. The largest absolute Gasteiger partial charge is 0.497 e. The number of halogens is 2. The molecule has 1 aromatic carbocycles. The molecule has 5 nitrogen and oxygen atoms in total. The minimum absolute atomic E-state index is 0. The predicted octanol–water partition coefficient (Wildman–Crippen LogP) is 3.51. The molecule has 1 aromatic rings. The number of ether oxygens (including phenoxy) is 1. The van der Waals surface area contributed by atoms with E-state index in [-0.39, 0.29) is 30.7 Å². The van der Waals surface area contributed by atoms with Crippen LogP contribution in [0.3, 0.4) is 0 Å². The maximum absolute atomic E-state index is 12.3. The number of benzene rings is 1. The van der Waals surface area contributed by atoms with E-state index in [2.05, 4.69) is 34.6 Å². The monoisotopic (exact) mass is 431 g/mol. The van der Waals surface area contributed by atoms with E-state index in [0.717, 1.165) is 44.9 Å². The summed E-state index contributed by atoms with van der Waals surface area (Å²) in [6, 6.07) is 8.22. The molecule has 1 amide bonds. The van der Waals surface area contributed by atoms with Gasteiger partial charge in [-0.25, -0.2) is 0 Å². The second-order valence-electron chi connectivity index (χ2n) is 7.88. The predicted molar refractivity (Wildman–Crippen MR) is 120 cm³/mol. The molecule has 0 spiro atoms. The normalized spacial score (nSPS) is 20.6. The molecule has 2 heterocycles. The van der Waals surface area contributed by atoms with Crippen LogP contribution in [0, 0.1) is 17.8 Å². The van der Waals surface area contributed by atoms with Crippen LogP contribution in [0.25, 0.3) is 0 Å². The highest BCUT2D eigenvalue weighted by molar-refractivity contribution is 5.85. The van der Waals surface area contributed by atoms with E-state index in [1.807, 2.05) is 12.1 Å². The first-order valence-corrected chi connectivity index (χ1v) is 10.0. The quantitative estimate of drug-likeness (QED) is 0.693. The van der Waals surface area contributed by atoms with E-state index in [0.29, 0.717) is 24.2 Å². The summed E-state index contributed by atoms with van der Waals surface area (Å²) in [6.45, 7) is 7.25. The molecule has 2 N–H and O–H groups in total. The Morgan fingerprint density at radius 1 is 1.29 bits per heavy atom. The van der Waals surface area contributed by atoms with Gasteiger partial charge in [0.05, 0.1) is 7.11 Å². The lowest BCUT2D eigenvalue weighted by molar-refractivity contribution is -0.122. The van der Waals surface area contributed by atoms with Gasteiger partial charge in [0, 0.05) is 37.8 Å². The lowest BCUT2D eigenvalue weighted by atomic mass is 9.84. The van der Waals surface area contributed by atoms with E-state index in [1.54, 1.807) is 7.11 Å². The first-order valence-electron chi connectivity index (χ1n) is 10.0. The van der Waals surface area contributed by atoms with Crippen LogP contribution >= 0.6 is 24.8 Å². The van der Waals surface area contributed by atoms with Gasteiger partial charge in [-0.15, -0.1) is 24.8 Å². The number of carbonyl (C=O) groups is 1. The van der Waals surface area contributed by atoms with E-state index in [4.69, 9.17) is 4.74 Å². The minimum Gasteiger partial charge on any atom is -0.497 e. The molecule has 28 heavy (non-hydrogen) atoms. The van der Waals surface area contributed by atoms with Gasteiger partial charge in [-0.1, -0.05) is 13.0 Å². The van der Waals surface area contributed by atoms with E-state index in [9.17, 15) is 4.79 Å². The lowest BCUT2D eigenvalue weighted by Crippen LogP contribution is -2.35. The van der Waals surface area contributed by atoms with Gasteiger partial charge in [-0.05, 0) is 62.2 Å². The molecule has 7 heteroatoms. The van der Waals surface area contributed by atoms with Gasteiger partial charge in [0.2, 0.25) is 5.91 Å². The molecule has 3 rings (SSSR count). The van der Waals surface area contributed by atoms with Crippen molar-refractivity contribution in [2.75, 3.05) is 44.7 Å². The second kappa shape index (κ2) is 12.4. The average molecular weight is 432 g/mol. The van der Waals surface area contributed by atoms with Crippen LogP contribution in [0.2, 0.25) is 0 Å². The second-order valence-corrected chi connectivity index (χ2v) is 7.88. The number of nitrogens with zero attached hydrogens (tertiary/aromatic N) is 1. The molecule has 0 aliphatic carbocycles. The summed E-state index contributed by atoms with van der Waals surface area (Å²) in [7, 11) is 1.70. The third-order valence-electron chi connectivity index (χ3n) is 5.99. The molecular weight excluding hydrogens is 397 g/mol. The zero-order valence-electron chi connectivity index (χ0n) is 17.0. The summed E-state index contributed by atoms with van der Waals surface area (Å²) in [6.07, 6.45) is 4.19. The maximum atomic E-state index is 12.3. The number of carbonyl (C=O) groups excluding carboxylic acids is 1. The van der Waals surface area contributed by atoms with Gasteiger partial charge >= 0.3 is 0 Å². The molecule has 0 saturated carbocycles. The number of amides is 1. The molecule has 2 saturated heterocycles. The van der Waals surface area contributed by atoms with Crippen molar-refractivity contribution in [2.45, 2.75) is 32.6 Å². The highest BCUT2D eigenvalue weighted by Crippen LogP contribution is 2.27. The van der Waals surface area contributed by atoms with Crippen LogP contribution in [-0.2, 0) is 4.79 Å². The Labute approximate surface area is 181 Å². The first-order chi connectivity index (χ1) is 12.7. The number of hydrogen-bond donors (Lipinski definition) is 2. The van der Waals surface area contributed by atoms with E-state index in [1.165, 1.54) is 18.5 Å². The Kier molecular flexibility index (Phi) is 11.0. The van der Waals surface area contributed by atoms with Crippen molar-refractivity contribution in [1.82, 2.24) is 10.6 Å². The Morgan fingerprint density at radius 2 is 2.04 bits per heavy atom. The molecule has 2 atom stereocenters. The smallest absolute Gasteiger partial charge is 0.220 e. The van der Waals surface area contributed by atoms with Crippen molar-refractivity contribution in [3.63, 3.8) is 0 Å². The lowest BCUT2D eigenvalue weighted by Gasteiger charge is -2.28. The zero-order valence-corrected chi connectivity index (χ0v) is 18.6. The number of nitrogens with one attached hydrogen (secondary N) is 2. The summed E-state index contributed by atoms with van der Waals surface area (Å²) >= 11 is 0. The number of anilines is 1. The highest BCUT2D eigenvalue weighted by Gasteiger charge is 2.25. The van der Waals surface area contributed by atoms with Crippen molar-refractivity contribution in [3.05, 3.63) is 24.3 Å². The van der Waals surface area contributed by atoms with Crippen LogP contribution in [-0.4, -0.2) is 45.7 Å². The number of methoxy groups -OCH3 is 1. The third kappa shape index (κ3) is 7.02. The van der Waals surface area contributed by atoms with Gasteiger partial charge in [0.25, 0.3) is 0 Å². The van der Waals surface area contributed by atoms with Crippen molar-refractivity contribution in [3.8, 4) is 5.75 Å². The van der Waals surface area contributed by atoms with Crippen molar-refractivity contribution < 1.29 is 9.53 Å². The van der Waals surface area contributed by atoms with Gasteiger partial charge in [-0.3, -0.25) is 4.79 Å². The summed E-state index contributed by atoms with van der Waals surface area (Å²) in [5, 5.41) is 6.58. The Bertz CT molecular complexity index is 597. The molecular formula is C21H35Cl2N3O2. The molecule has 0 bridgehead atoms. The third-order valence-corrected chi connectivity index (χ3v) is 5.99. The Hall–Kier alpha value is -1.17. The van der Waals surface area contributed by atoms with Crippen molar-refractivity contribution in [2.24, 2.45) is 17.8 Å².